The number of hydrogen-bond donors (Lipinski definition) is 1. The Labute approximate surface area is 130 Å². The third-order valence-corrected chi connectivity index (χ3v) is 3.10. The molecule has 0 atom stereocenters. The number of benzene rings is 1. The molecular weight excluding hydrogens is 276 g/mol. The van der Waals surface area contributed by atoms with Crippen LogP contribution in [0.2, 0.25) is 0 Å². The molecule has 0 spiro atoms. The molecule has 2 aromatic rings. The standard InChI is InChI=1S/C16H18N6/c1-4-11-5-7-12(8-6-11)9-13(10-17)14-19-15(18)21-16(20-14)22(2)3/h5-9H,4H2,1-3H3,(H2,18,19,20,21). The van der Waals surface area contributed by atoms with Crippen LogP contribution in [0.4, 0.5) is 11.9 Å². The van der Waals surface area contributed by atoms with Gasteiger partial charge in [-0.25, -0.2) is 0 Å². The average Bonchev–Trinajstić information content (AvgIpc) is 2.52. The van der Waals surface area contributed by atoms with Gasteiger partial charge in [0.2, 0.25) is 11.9 Å². The number of aryl methyl sites for hydroxylation is 1. The topological polar surface area (TPSA) is 91.7 Å². The average molecular weight is 294 g/mol. The summed E-state index contributed by atoms with van der Waals surface area (Å²) in [6, 6.07) is 10.1. The summed E-state index contributed by atoms with van der Waals surface area (Å²) in [6.07, 6.45) is 2.72. The number of rotatable bonds is 4. The normalized spacial score (nSPS) is 11.1. The van der Waals surface area contributed by atoms with Crippen molar-refractivity contribution in [3.8, 4) is 6.07 Å². The Hall–Kier alpha value is -2.94. The highest BCUT2D eigenvalue weighted by molar-refractivity contribution is 5.87. The van der Waals surface area contributed by atoms with E-state index in [-0.39, 0.29) is 11.8 Å². The van der Waals surface area contributed by atoms with E-state index in [4.69, 9.17) is 5.73 Å². The number of nitrogens with zero attached hydrogens (tertiary/aromatic N) is 5. The van der Waals surface area contributed by atoms with E-state index < -0.39 is 0 Å². The van der Waals surface area contributed by atoms with Gasteiger partial charge in [-0.1, -0.05) is 31.2 Å². The summed E-state index contributed by atoms with van der Waals surface area (Å²) in [4.78, 5) is 14.1. The fourth-order valence-electron chi connectivity index (χ4n) is 1.86. The molecule has 1 aromatic heterocycles. The Bertz CT molecular complexity index is 725. The lowest BCUT2D eigenvalue weighted by Crippen LogP contribution is -2.15. The molecule has 0 aliphatic carbocycles. The molecule has 0 amide bonds. The lowest BCUT2D eigenvalue weighted by atomic mass is 10.1. The first-order chi connectivity index (χ1) is 10.5. The molecule has 0 unspecified atom stereocenters. The molecule has 112 valence electrons. The first-order valence-electron chi connectivity index (χ1n) is 6.93. The van der Waals surface area contributed by atoms with Gasteiger partial charge in [0.05, 0.1) is 5.57 Å². The summed E-state index contributed by atoms with van der Waals surface area (Å²) in [5, 5.41) is 9.39. The second-order valence-corrected chi connectivity index (χ2v) is 4.98. The molecule has 0 fully saturated rings. The van der Waals surface area contributed by atoms with Crippen molar-refractivity contribution >= 4 is 23.5 Å². The van der Waals surface area contributed by atoms with Crippen LogP contribution >= 0.6 is 0 Å². The first-order valence-corrected chi connectivity index (χ1v) is 6.93. The van der Waals surface area contributed by atoms with Gasteiger partial charge in [-0.05, 0) is 23.6 Å². The molecule has 0 saturated carbocycles. The lowest BCUT2D eigenvalue weighted by molar-refractivity contribution is 0.952. The predicted octanol–water partition coefficient (Wildman–Crippen LogP) is 2.15. The molecule has 6 nitrogen and oxygen atoms in total. The monoisotopic (exact) mass is 294 g/mol. The van der Waals surface area contributed by atoms with Crippen molar-refractivity contribution in [3.05, 3.63) is 41.2 Å². The molecule has 0 aliphatic rings. The van der Waals surface area contributed by atoms with Crippen LogP contribution < -0.4 is 10.6 Å². The van der Waals surface area contributed by atoms with Gasteiger partial charge in [0.25, 0.3) is 0 Å². The molecule has 0 saturated heterocycles. The predicted molar refractivity (Wildman–Crippen MR) is 87.9 cm³/mol. The number of nitrogens with two attached hydrogens (primary N) is 1. The zero-order valence-corrected chi connectivity index (χ0v) is 12.9. The molecule has 6 heteroatoms. The van der Waals surface area contributed by atoms with Crippen molar-refractivity contribution in [3.63, 3.8) is 0 Å². The lowest BCUT2D eigenvalue weighted by Gasteiger charge is -2.11. The summed E-state index contributed by atoms with van der Waals surface area (Å²) < 4.78 is 0. The highest BCUT2D eigenvalue weighted by atomic mass is 15.3. The van der Waals surface area contributed by atoms with Gasteiger partial charge in [0.1, 0.15) is 6.07 Å². The maximum Gasteiger partial charge on any atom is 0.230 e. The van der Waals surface area contributed by atoms with Crippen molar-refractivity contribution in [1.82, 2.24) is 15.0 Å². The van der Waals surface area contributed by atoms with Crippen LogP contribution in [-0.2, 0) is 6.42 Å². The van der Waals surface area contributed by atoms with Gasteiger partial charge in [-0.2, -0.15) is 20.2 Å². The first kappa shape index (κ1) is 15.4. The van der Waals surface area contributed by atoms with E-state index in [9.17, 15) is 5.26 Å². The molecule has 1 aromatic carbocycles. The minimum absolute atomic E-state index is 0.0937. The van der Waals surface area contributed by atoms with E-state index >= 15 is 0 Å². The minimum atomic E-state index is 0.0937. The van der Waals surface area contributed by atoms with Crippen molar-refractivity contribution in [1.29, 1.82) is 5.26 Å². The van der Waals surface area contributed by atoms with Crippen LogP contribution in [0.3, 0.4) is 0 Å². The summed E-state index contributed by atoms with van der Waals surface area (Å²) in [5.41, 5.74) is 8.21. The van der Waals surface area contributed by atoms with E-state index in [0.29, 0.717) is 11.5 Å². The van der Waals surface area contributed by atoms with E-state index in [2.05, 4.69) is 27.9 Å². The maximum atomic E-state index is 9.39. The van der Waals surface area contributed by atoms with Gasteiger partial charge in [-0.3, -0.25) is 0 Å². The van der Waals surface area contributed by atoms with Crippen LogP contribution in [0.25, 0.3) is 11.6 Å². The Morgan fingerprint density at radius 2 is 1.91 bits per heavy atom. The van der Waals surface area contributed by atoms with Crippen LogP contribution in [0.15, 0.2) is 24.3 Å². The number of nitrogen functional groups attached to an aromatic ring is 1. The minimum Gasteiger partial charge on any atom is -0.368 e. The number of hydrogen-bond acceptors (Lipinski definition) is 6. The highest BCUT2D eigenvalue weighted by Gasteiger charge is 2.10. The molecule has 0 radical (unpaired) electrons. The Morgan fingerprint density at radius 1 is 1.23 bits per heavy atom. The molecule has 0 aliphatic heterocycles. The zero-order chi connectivity index (χ0) is 16.1. The third kappa shape index (κ3) is 3.58. The van der Waals surface area contributed by atoms with Gasteiger partial charge < -0.3 is 10.6 Å². The van der Waals surface area contributed by atoms with E-state index in [1.165, 1.54) is 5.56 Å². The van der Waals surface area contributed by atoms with E-state index in [1.54, 1.807) is 25.1 Å². The van der Waals surface area contributed by atoms with Gasteiger partial charge in [0.15, 0.2) is 5.82 Å². The fraction of sp³-hybridized carbons (Fsp3) is 0.250. The van der Waals surface area contributed by atoms with Crippen molar-refractivity contribution in [2.24, 2.45) is 0 Å². The number of nitriles is 1. The molecular formula is C16H18N6. The van der Waals surface area contributed by atoms with Crippen LogP contribution in [0.1, 0.15) is 23.9 Å². The largest absolute Gasteiger partial charge is 0.368 e. The summed E-state index contributed by atoms with van der Waals surface area (Å²) in [6.45, 7) is 2.10. The Kier molecular flexibility index (Phi) is 4.69. The van der Waals surface area contributed by atoms with Crippen LogP contribution in [-0.4, -0.2) is 29.0 Å². The van der Waals surface area contributed by atoms with Crippen molar-refractivity contribution < 1.29 is 0 Å². The smallest absolute Gasteiger partial charge is 0.230 e. The molecule has 2 N–H and O–H groups in total. The van der Waals surface area contributed by atoms with Crippen molar-refractivity contribution in [2.75, 3.05) is 24.7 Å². The third-order valence-electron chi connectivity index (χ3n) is 3.10. The van der Waals surface area contributed by atoms with Crippen LogP contribution in [0.5, 0.6) is 0 Å². The Balaban J connectivity index is 2.43. The second kappa shape index (κ2) is 6.68. The highest BCUT2D eigenvalue weighted by Crippen LogP contribution is 2.17. The molecule has 2 rings (SSSR count). The summed E-state index contributed by atoms with van der Waals surface area (Å²) >= 11 is 0. The van der Waals surface area contributed by atoms with E-state index in [1.807, 2.05) is 24.3 Å². The quantitative estimate of drug-likeness (QED) is 0.869. The second-order valence-electron chi connectivity index (χ2n) is 4.98. The SMILES string of the molecule is CCc1ccc(C=C(C#N)c2nc(N)nc(N(C)C)n2)cc1. The summed E-state index contributed by atoms with van der Waals surface area (Å²) in [5.74, 6) is 0.791. The van der Waals surface area contributed by atoms with Gasteiger partial charge >= 0.3 is 0 Å². The zero-order valence-electron chi connectivity index (χ0n) is 12.9. The van der Waals surface area contributed by atoms with E-state index in [0.717, 1.165) is 12.0 Å². The molecule has 0 bridgehead atoms. The van der Waals surface area contributed by atoms with Gasteiger partial charge in [-0.15, -0.1) is 0 Å². The number of aromatic nitrogens is 3. The molecule has 1 heterocycles. The maximum absolute atomic E-state index is 9.39. The number of allylic oxidation sites excluding steroid dienone is 1. The van der Waals surface area contributed by atoms with Crippen LogP contribution in [0, 0.1) is 11.3 Å². The van der Waals surface area contributed by atoms with Gasteiger partial charge in [0, 0.05) is 14.1 Å². The summed E-state index contributed by atoms with van der Waals surface area (Å²) in [7, 11) is 3.61. The number of anilines is 2. The molecule has 22 heavy (non-hydrogen) atoms. The fourth-order valence-corrected chi connectivity index (χ4v) is 1.86. The Morgan fingerprint density at radius 3 is 2.45 bits per heavy atom. The van der Waals surface area contributed by atoms with Crippen molar-refractivity contribution in [2.45, 2.75) is 13.3 Å².